The number of ether oxygens (including phenoxy) is 2. The number of methoxy groups -OCH3 is 2. The van der Waals surface area contributed by atoms with Crippen LogP contribution in [0.5, 0.6) is 0 Å². The molecule has 2 aliphatic rings. The molecule has 0 atom stereocenters. The molecule has 98 valence electrons. The Hall–Kier alpha value is -1.64. The summed E-state index contributed by atoms with van der Waals surface area (Å²) in [4.78, 5) is 0. The fourth-order valence-electron chi connectivity index (χ4n) is 3.06. The largest absolute Gasteiger partial charge is 0.383 e. The van der Waals surface area contributed by atoms with Crippen molar-refractivity contribution in [2.75, 3.05) is 27.4 Å². The van der Waals surface area contributed by atoms with E-state index in [1.807, 2.05) is 0 Å². The predicted octanol–water partition coefficient (Wildman–Crippen LogP) is 3.32. The van der Waals surface area contributed by atoms with Gasteiger partial charge in [-0.05, 0) is 28.3 Å². The van der Waals surface area contributed by atoms with Gasteiger partial charge in [0.25, 0.3) is 0 Å². The van der Waals surface area contributed by atoms with E-state index in [0.29, 0.717) is 13.2 Å². The van der Waals surface area contributed by atoms with Gasteiger partial charge >= 0.3 is 0 Å². The molecule has 2 aliphatic carbocycles. The molecular weight excluding hydrogens is 236 g/mol. The maximum absolute atomic E-state index is 5.44. The third-order valence-electron chi connectivity index (χ3n) is 3.86. The minimum absolute atomic E-state index is 0.174. The van der Waals surface area contributed by atoms with Gasteiger partial charge in [-0.2, -0.15) is 0 Å². The van der Waals surface area contributed by atoms with E-state index in [9.17, 15) is 0 Å². The predicted molar refractivity (Wildman–Crippen MR) is 77.7 cm³/mol. The van der Waals surface area contributed by atoms with Crippen LogP contribution in [-0.4, -0.2) is 27.4 Å². The van der Waals surface area contributed by atoms with Crippen LogP contribution in [0.4, 0.5) is 0 Å². The normalized spacial score (nSPS) is 18.6. The van der Waals surface area contributed by atoms with Crippen molar-refractivity contribution in [1.82, 2.24) is 0 Å². The molecule has 0 aromatic heterocycles. The van der Waals surface area contributed by atoms with Crippen molar-refractivity contribution in [1.29, 1.82) is 0 Å². The maximum atomic E-state index is 5.44. The lowest BCUT2D eigenvalue weighted by Gasteiger charge is -2.34. The van der Waals surface area contributed by atoms with E-state index in [2.05, 4.69) is 48.6 Å². The first kappa shape index (κ1) is 12.4. The van der Waals surface area contributed by atoms with Gasteiger partial charge in [0.1, 0.15) is 0 Å². The summed E-state index contributed by atoms with van der Waals surface area (Å²) >= 11 is 0. The summed E-state index contributed by atoms with van der Waals surface area (Å²) in [5.41, 5.74) is 5.02. The first-order valence-electron chi connectivity index (χ1n) is 6.50. The highest BCUT2D eigenvalue weighted by Crippen LogP contribution is 2.48. The zero-order valence-corrected chi connectivity index (χ0v) is 11.3. The van der Waals surface area contributed by atoms with Crippen LogP contribution in [0.15, 0.2) is 48.1 Å². The Bertz CT molecular complexity index is 573. The van der Waals surface area contributed by atoms with E-state index in [-0.39, 0.29) is 5.41 Å². The average molecular weight is 254 g/mol. The molecule has 0 fully saturated rings. The van der Waals surface area contributed by atoms with Crippen LogP contribution in [0.3, 0.4) is 0 Å². The van der Waals surface area contributed by atoms with Gasteiger partial charge in [0.05, 0.1) is 18.6 Å². The highest BCUT2D eigenvalue weighted by molar-refractivity contribution is 5.97. The number of hydrogen-bond acceptors (Lipinski definition) is 2. The molecule has 0 N–H and O–H groups in total. The Kier molecular flexibility index (Phi) is 3.13. The number of allylic oxidation sites excluding steroid dienone is 3. The fourth-order valence-corrected chi connectivity index (χ4v) is 3.06. The van der Waals surface area contributed by atoms with Crippen LogP contribution < -0.4 is 0 Å². The van der Waals surface area contributed by atoms with E-state index in [1.54, 1.807) is 14.2 Å². The summed E-state index contributed by atoms with van der Waals surface area (Å²) in [5, 5.41) is 0. The first-order chi connectivity index (χ1) is 9.30. The van der Waals surface area contributed by atoms with Gasteiger partial charge in [-0.1, -0.05) is 42.5 Å². The van der Waals surface area contributed by atoms with E-state index < -0.39 is 0 Å². The smallest absolute Gasteiger partial charge is 0.0616 e. The molecule has 0 aliphatic heterocycles. The molecule has 0 amide bonds. The molecule has 0 heterocycles. The molecule has 0 radical (unpaired) electrons. The average Bonchev–Trinajstić information content (AvgIpc) is 2.80. The molecule has 19 heavy (non-hydrogen) atoms. The molecule has 2 nitrogen and oxygen atoms in total. The topological polar surface area (TPSA) is 18.5 Å². The van der Waals surface area contributed by atoms with Gasteiger partial charge in [0.2, 0.25) is 0 Å². The molecule has 3 rings (SSSR count). The summed E-state index contributed by atoms with van der Waals surface area (Å²) in [5.74, 6) is 0. The maximum Gasteiger partial charge on any atom is 0.0616 e. The third kappa shape index (κ3) is 1.88. The van der Waals surface area contributed by atoms with Crippen LogP contribution in [0, 0.1) is 5.41 Å². The van der Waals surface area contributed by atoms with Crippen LogP contribution in [0.1, 0.15) is 11.1 Å². The van der Waals surface area contributed by atoms with Crippen molar-refractivity contribution < 1.29 is 9.47 Å². The second-order valence-electron chi connectivity index (χ2n) is 5.11. The zero-order valence-electron chi connectivity index (χ0n) is 11.3. The molecule has 2 heteroatoms. The molecule has 1 aromatic carbocycles. The third-order valence-corrected chi connectivity index (χ3v) is 3.86. The zero-order chi connectivity index (χ0) is 13.3. The van der Waals surface area contributed by atoms with Crippen molar-refractivity contribution >= 4 is 11.6 Å². The van der Waals surface area contributed by atoms with Gasteiger partial charge in [-0.3, -0.25) is 0 Å². The van der Waals surface area contributed by atoms with Gasteiger partial charge in [-0.25, -0.2) is 0 Å². The van der Waals surface area contributed by atoms with Crippen LogP contribution in [-0.2, 0) is 9.47 Å². The van der Waals surface area contributed by atoms with Gasteiger partial charge in [0, 0.05) is 14.2 Å². The van der Waals surface area contributed by atoms with Crippen molar-refractivity contribution in [2.24, 2.45) is 5.41 Å². The van der Waals surface area contributed by atoms with Crippen molar-refractivity contribution in [2.45, 2.75) is 0 Å². The van der Waals surface area contributed by atoms with Crippen LogP contribution in [0.25, 0.3) is 11.6 Å². The number of benzene rings is 1. The van der Waals surface area contributed by atoms with Crippen molar-refractivity contribution in [3.05, 3.63) is 59.2 Å². The molecular formula is C17H18O2. The summed E-state index contributed by atoms with van der Waals surface area (Å²) in [6.07, 6.45) is 8.76. The van der Waals surface area contributed by atoms with Crippen molar-refractivity contribution in [3.63, 3.8) is 0 Å². The Balaban J connectivity index is 2.10. The van der Waals surface area contributed by atoms with E-state index >= 15 is 0 Å². The number of rotatable bonds is 4. The lowest BCUT2D eigenvalue weighted by molar-refractivity contribution is 0.0640. The lowest BCUT2D eigenvalue weighted by Crippen LogP contribution is -2.32. The van der Waals surface area contributed by atoms with Gasteiger partial charge in [-0.15, -0.1) is 0 Å². The van der Waals surface area contributed by atoms with Crippen LogP contribution >= 0.6 is 0 Å². The number of fused-ring (bicyclic) bond motifs is 3. The lowest BCUT2D eigenvalue weighted by atomic mass is 9.75. The Morgan fingerprint density at radius 3 is 2.53 bits per heavy atom. The highest BCUT2D eigenvalue weighted by Gasteiger charge is 2.38. The highest BCUT2D eigenvalue weighted by atomic mass is 16.5. The Morgan fingerprint density at radius 2 is 1.79 bits per heavy atom. The monoisotopic (exact) mass is 254 g/mol. The number of hydrogen-bond donors (Lipinski definition) is 0. The van der Waals surface area contributed by atoms with E-state index in [0.717, 1.165) is 0 Å². The van der Waals surface area contributed by atoms with Gasteiger partial charge < -0.3 is 9.47 Å². The first-order valence-corrected chi connectivity index (χ1v) is 6.50. The molecule has 0 spiro atoms. The minimum Gasteiger partial charge on any atom is -0.383 e. The Morgan fingerprint density at radius 1 is 1.05 bits per heavy atom. The standard InChI is InChI=1S/C17H18O2/c1-18-11-17(12-19-2)9-5-8-15-14-7-4-3-6-13(14)10-16(15)17/h3-10H,11-12H2,1-2H3. The summed E-state index contributed by atoms with van der Waals surface area (Å²) in [6.45, 7) is 1.27. The molecule has 1 aromatic rings. The van der Waals surface area contributed by atoms with E-state index in [1.165, 1.54) is 22.3 Å². The Labute approximate surface area is 114 Å². The van der Waals surface area contributed by atoms with Crippen molar-refractivity contribution in [3.8, 4) is 0 Å². The fraction of sp³-hybridized carbons (Fsp3) is 0.294. The molecule has 0 saturated heterocycles. The summed E-state index contributed by atoms with van der Waals surface area (Å²) < 4.78 is 10.9. The van der Waals surface area contributed by atoms with Crippen LogP contribution in [0.2, 0.25) is 0 Å². The molecule has 0 bridgehead atoms. The summed E-state index contributed by atoms with van der Waals surface area (Å²) in [6, 6.07) is 8.50. The summed E-state index contributed by atoms with van der Waals surface area (Å²) in [7, 11) is 3.48. The minimum atomic E-state index is -0.174. The van der Waals surface area contributed by atoms with E-state index in [4.69, 9.17) is 9.47 Å². The quantitative estimate of drug-likeness (QED) is 0.820. The second kappa shape index (κ2) is 4.80. The SMILES string of the molecule is COCC1(COC)C=CC=C2C1=Cc1ccccc12. The molecule has 0 unspecified atom stereocenters. The second-order valence-corrected chi connectivity index (χ2v) is 5.11. The van der Waals surface area contributed by atoms with Gasteiger partial charge in [0.15, 0.2) is 0 Å². The molecule has 0 saturated carbocycles.